The molecule has 0 radical (unpaired) electrons. The van der Waals surface area contributed by atoms with Gasteiger partial charge < -0.3 is 19.5 Å². The van der Waals surface area contributed by atoms with Crippen molar-refractivity contribution in [3.8, 4) is 11.5 Å². The van der Waals surface area contributed by atoms with Crippen molar-refractivity contribution in [3.63, 3.8) is 0 Å². The van der Waals surface area contributed by atoms with Crippen molar-refractivity contribution in [2.75, 3.05) is 42.1 Å². The monoisotopic (exact) mass is 483 g/mol. The van der Waals surface area contributed by atoms with Crippen LogP contribution < -0.4 is 10.2 Å². The zero-order valence-corrected chi connectivity index (χ0v) is 19.8. The number of thioether (sulfide) groups is 1. The van der Waals surface area contributed by atoms with Crippen LogP contribution in [0.2, 0.25) is 0 Å². The summed E-state index contributed by atoms with van der Waals surface area (Å²) >= 11 is 1.11. The van der Waals surface area contributed by atoms with Gasteiger partial charge in [0.25, 0.3) is 5.22 Å². The first kappa shape index (κ1) is 23.7. The molecule has 1 aliphatic rings. The minimum absolute atomic E-state index is 0.0166. The van der Waals surface area contributed by atoms with Crippen LogP contribution in [0, 0.1) is 11.7 Å². The second kappa shape index (κ2) is 10.7. The number of aromatic nitrogens is 2. The third kappa shape index (κ3) is 5.93. The number of piperazine rings is 1. The van der Waals surface area contributed by atoms with E-state index in [9.17, 15) is 14.0 Å². The van der Waals surface area contributed by atoms with Gasteiger partial charge >= 0.3 is 0 Å². The number of amides is 2. The standard InChI is InChI=1S/C24H26FN5O3S/c1-16(2)23(32)30-12-10-29(11-13-30)20-8-6-19(7-9-20)26-21(31)15-34-24-28-27-22(33-24)17-4-3-5-18(25)14-17/h3-9,14,16H,10-13,15H2,1-2H3,(H,26,31). The van der Waals surface area contributed by atoms with Gasteiger partial charge in [0, 0.05) is 49.0 Å². The lowest BCUT2D eigenvalue weighted by atomic mass is 10.1. The molecular weight excluding hydrogens is 457 g/mol. The summed E-state index contributed by atoms with van der Waals surface area (Å²) in [6.07, 6.45) is 0. The van der Waals surface area contributed by atoms with E-state index < -0.39 is 5.82 Å². The van der Waals surface area contributed by atoms with Gasteiger partial charge in [0.1, 0.15) is 5.82 Å². The van der Waals surface area contributed by atoms with Gasteiger partial charge in [-0.3, -0.25) is 9.59 Å². The molecule has 2 amide bonds. The Kier molecular flexibility index (Phi) is 7.46. The highest BCUT2D eigenvalue weighted by Crippen LogP contribution is 2.24. The highest BCUT2D eigenvalue weighted by atomic mass is 32.2. The van der Waals surface area contributed by atoms with Crippen molar-refractivity contribution >= 4 is 35.0 Å². The first-order chi connectivity index (χ1) is 16.4. The van der Waals surface area contributed by atoms with Crippen LogP contribution in [-0.2, 0) is 9.59 Å². The molecule has 4 rings (SSSR count). The van der Waals surface area contributed by atoms with Crippen molar-refractivity contribution in [3.05, 3.63) is 54.3 Å². The first-order valence-electron chi connectivity index (χ1n) is 11.0. The Morgan fingerprint density at radius 2 is 1.82 bits per heavy atom. The minimum Gasteiger partial charge on any atom is -0.411 e. The molecule has 8 nitrogen and oxygen atoms in total. The maximum Gasteiger partial charge on any atom is 0.277 e. The van der Waals surface area contributed by atoms with Gasteiger partial charge in [-0.25, -0.2) is 4.39 Å². The number of anilines is 2. The fraction of sp³-hybridized carbons (Fsp3) is 0.333. The molecule has 2 heterocycles. The second-order valence-corrected chi connectivity index (χ2v) is 9.16. The smallest absolute Gasteiger partial charge is 0.277 e. The zero-order chi connectivity index (χ0) is 24.1. The molecule has 0 saturated carbocycles. The number of carbonyl (C=O) groups excluding carboxylic acids is 2. The van der Waals surface area contributed by atoms with Gasteiger partial charge in [-0.15, -0.1) is 10.2 Å². The van der Waals surface area contributed by atoms with Crippen LogP contribution in [-0.4, -0.2) is 58.8 Å². The van der Waals surface area contributed by atoms with Crippen LogP contribution in [0.25, 0.3) is 11.5 Å². The van der Waals surface area contributed by atoms with Crippen molar-refractivity contribution in [2.24, 2.45) is 5.92 Å². The molecule has 1 saturated heterocycles. The predicted octanol–water partition coefficient (Wildman–Crippen LogP) is 3.91. The number of hydrogen-bond donors (Lipinski definition) is 1. The summed E-state index contributed by atoms with van der Waals surface area (Å²) in [6.45, 7) is 6.83. The summed E-state index contributed by atoms with van der Waals surface area (Å²) in [4.78, 5) is 28.6. The molecule has 0 bridgehead atoms. The van der Waals surface area contributed by atoms with Crippen LogP contribution >= 0.6 is 11.8 Å². The van der Waals surface area contributed by atoms with Crippen LogP contribution in [0.3, 0.4) is 0 Å². The third-order valence-electron chi connectivity index (χ3n) is 5.41. The molecule has 1 fully saturated rings. The summed E-state index contributed by atoms with van der Waals surface area (Å²) in [5.41, 5.74) is 2.23. The Morgan fingerprint density at radius 1 is 1.09 bits per heavy atom. The molecule has 0 unspecified atom stereocenters. The molecule has 0 aliphatic carbocycles. The van der Waals surface area contributed by atoms with E-state index in [1.165, 1.54) is 12.1 Å². The number of halogens is 1. The topological polar surface area (TPSA) is 91.6 Å². The molecule has 178 valence electrons. The summed E-state index contributed by atoms with van der Waals surface area (Å²) in [7, 11) is 0. The molecule has 1 N–H and O–H groups in total. The van der Waals surface area contributed by atoms with Gasteiger partial charge in [-0.1, -0.05) is 31.7 Å². The molecule has 0 atom stereocenters. The van der Waals surface area contributed by atoms with Gasteiger partial charge in [0.2, 0.25) is 17.7 Å². The van der Waals surface area contributed by atoms with Gasteiger partial charge in [-0.05, 0) is 42.5 Å². The van der Waals surface area contributed by atoms with Crippen molar-refractivity contribution < 1.29 is 18.4 Å². The van der Waals surface area contributed by atoms with Crippen LogP contribution in [0.15, 0.2) is 58.2 Å². The van der Waals surface area contributed by atoms with Crippen LogP contribution in [0.4, 0.5) is 15.8 Å². The van der Waals surface area contributed by atoms with Crippen LogP contribution in [0.1, 0.15) is 13.8 Å². The average Bonchev–Trinajstić information content (AvgIpc) is 3.32. The summed E-state index contributed by atoms with van der Waals surface area (Å²) < 4.78 is 18.9. The highest BCUT2D eigenvalue weighted by molar-refractivity contribution is 7.99. The molecular formula is C24H26FN5O3S. The SMILES string of the molecule is CC(C)C(=O)N1CCN(c2ccc(NC(=O)CSc3nnc(-c4cccc(F)c4)o3)cc2)CC1. The third-order valence-corrected chi connectivity index (χ3v) is 6.22. The Hall–Kier alpha value is -3.40. The van der Waals surface area contributed by atoms with E-state index in [1.807, 2.05) is 43.0 Å². The predicted molar refractivity (Wildman–Crippen MR) is 129 cm³/mol. The summed E-state index contributed by atoms with van der Waals surface area (Å²) in [5.74, 6) is -0.0854. The molecule has 0 spiro atoms. The Balaban J connectivity index is 1.25. The molecule has 10 heteroatoms. The van der Waals surface area contributed by atoms with E-state index in [4.69, 9.17) is 4.42 Å². The quantitative estimate of drug-likeness (QED) is 0.510. The van der Waals surface area contributed by atoms with E-state index in [-0.39, 0.29) is 34.6 Å². The van der Waals surface area contributed by atoms with E-state index >= 15 is 0 Å². The molecule has 3 aromatic rings. The zero-order valence-electron chi connectivity index (χ0n) is 19.0. The Labute approximate surface area is 201 Å². The lowest BCUT2D eigenvalue weighted by molar-refractivity contribution is -0.134. The molecule has 1 aromatic heterocycles. The lowest BCUT2D eigenvalue weighted by Crippen LogP contribution is -2.49. The Morgan fingerprint density at radius 3 is 2.50 bits per heavy atom. The summed E-state index contributed by atoms with van der Waals surface area (Å²) in [6, 6.07) is 13.5. The largest absolute Gasteiger partial charge is 0.411 e. The van der Waals surface area contributed by atoms with E-state index in [0.29, 0.717) is 24.3 Å². The fourth-order valence-electron chi connectivity index (χ4n) is 3.64. The van der Waals surface area contributed by atoms with E-state index in [2.05, 4.69) is 20.4 Å². The average molecular weight is 484 g/mol. The number of nitrogens with zero attached hydrogens (tertiary/aromatic N) is 4. The van der Waals surface area contributed by atoms with Crippen molar-refractivity contribution in [2.45, 2.75) is 19.1 Å². The number of rotatable bonds is 7. The lowest BCUT2D eigenvalue weighted by Gasteiger charge is -2.37. The highest BCUT2D eigenvalue weighted by Gasteiger charge is 2.23. The first-order valence-corrected chi connectivity index (χ1v) is 12.0. The maximum atomic E-state index is 13.4. The van der Waals surface area contributed by atoms with Gasteiger partial charge in [0.05, 0.1) is 5.75 Å². The van der Waals surface area contributed by atoms with E-state index in [1.54, 1.807) is 12.1 Å². The van der Waals surface area contributed by atoms with Crippen molar-refractivity contribution in [1.29, 1.82) is 0 Å². The van der Waals surface area contributed by atoms with Crippen LogP contribution in [0.5, 0.6) is 0 Å². The summed E-state index contributed by atoms with van der Waals surface area (Å²) in [5, 5.41) is 10.9. The number of carbonyl (C=O) groups is 2. The van der Waals surface area contributed by atoms with Gasteiger partial charge in [-0.2, -0.15) is 0 Å². The number of nitrogens with one attached hydrogen (secondary N) is 1. The minimum atomic E-state index is -0.390. The fourth-order valence-corrected chi connectivity index (χ4v) is 4.20. The second-order valence-electron chi connectivity index (χ2n) is 8.23. The van der Waals surface area contributed by atoms with E-state index in [0.717, 1.165) is 30.5 Å². The molecule has 1 aliphatic heterocycles. The normalized spacial score (nSPS) is 13.9. The Bertz CT molecular complexity index is 1140. The molecule has 2 aromatic carbocycles. The van der Waals surface area contributed by atoms with Crippen molar-refractivity contribution in [1.82, 2.24) is 15.1 Å². The molecule has 34 heavy (non-hydrogen) atoms. The number of hydrogen-bond acceptors (Lipinski definition) is 7. The van der Waals surface area contributed by atoms with Gasteiger partial charge in [0.15, 0.2) is 0 Å². The maximum absolute atomic E-state index is 13.4. The number of benzene rings is 2.